The van der Waals surface area contributed by atoms with E-state index in [0.29, 0.717) is 0 Å². The maximum atomic E-state index is 9.08. The molecule has 2 aliphatic rings. The first-order valence-corrected chi connectivity index (χ1v) is 33.5. The standard InChI is InChI=1S/C21H25.C20H15.C7H8Si.2ClH.Zr/c1-20(2,3)16-7-9-18-14(12-16)11-15-13-17(21(4,5)6)8-10-19(15)18;1-14-12-16-8-5-11-19(20(16)13-14)18-10-4-7-15-6-2-3-9-17(15)18;1-8-7-5-3-2-4-6-7;;;/h7-13H,1-6H3;2-13H,1H3;2-6H,1H3;2*1H;/q;;;;;+2/p-2. The molecule has 0 heterocycles. The van der Waals surface area contributed by atoms with Crippen LogP contribution >= 0.6 is 17.0 Å². The molecule has 0 radical (unpaired) electrons. The molecule has 0 bridgehead atoms. The molecule has 0 saturated carbocycles. The Labute approximate surface area is 318 Å². The van der Waals surface area contributed by atoms with E-state index in [-0.39, 0.29) is 18.1 Å². The van der Waals surface area contributed by atoms with E-state index in [1.54, 1.807) is 0 Å². The zero-order chi connectivity index (χ0) is 36.8. The fraction of sp³-hybridized carbons (Fsp3) is 0.250. The molecule has 0 saturated heterocycles. The van der Waals surface area contributed by atoms with Crippen LogP contribution in [0.1, 0.15) is 89.1 Å². The van der Waals surface area contributed by atoms with Crippen molar-refractivity contribution < 1.29 is 15.0 Å². The van der Waals surface area contributed by atoms with Crippen molar-refractivity contribution in [3.63, 3.8) is 0 Å². The summed E-state index contributed by atoms with van der Waals surface area (Å²) in [5, 5.41) is 3.84. The summed E-state index contributed by atoms with van der Waals surface area (Å²) in [5.74, 6) is 0. The summed E-state index contributed by atoms with van der Waals surface area (Å²) in [7, 11) is 18.2. The molecule has 0 aromatic heterocycles. The van der Waals surface area contributed by atoms with Gasteiger partial charge in [0.05, 0.1) is 0 Å². The zero-order valence-electron chi connectivity index (χ0n) is 31.6. The molecule has 4 heteroatoms. The second-order valence-corrected chi connectivity index (χ2v) is 54.1. The van der Waals surface area contributed by atoms with Gasteiger partial charge in [-0.3, -0.25) is 0 Å². The molecule has 52 heavy (non-hydrogen) atoms. The average Bonchev–Trinajstić information content (AvgIpc) is 3.65. The number of hydrogen-bond acceptors (Lipinski definition) is 0. The summed E-state index contributed by atoms with van der Waals surface area (Å²) in [6.45, 7) is 18.6. The summed E-state index contributed by atoms with van der Waals surface area (Å²) in [5.41, 5.74) is 12.7. The van der Waals surface area contributed by atoms with Crippen molar-refractivity contribution in [3.8, 4) is 22.3 Å². The van der Waals surface area contributed by atoms with Crippen molar-refractivity contribution in [3.05, 3.63) is 166 Å². The van der Waals surface area contributed by atoms with E-state index in [1.165, 1.54) is 77.2 Å². The molecule has 262 valence electrons. The van der Waals surface area contributed by atoms with Crippen molar-refractivity contribution in [1.29, 1.82) is 0 Å². The van der Waals surface area contributed by atoms with Gasteiger partial charge < -0.3 is 0 Å². The van der Waals surface area contributed by atoms with Crippen LogP contribution in [0.25, 0.3) is 39.1 Å². The van der Waals surface area contributed by atoms with Gasteiger partial charge in [0, 0.05) is 0 Å². The van der Waals surface area contributed by atoms with Crippen LogP contribution in [0.3, 0.4) is 0 Å². The Morgan fingerprint density at radius 2 is 1.08 bits per heavy atom. The molecular formula is C48H48Cl2SiZr. The van der Waals surface area contributed by atoms with Gasteiger partial charge in [-0.15, -0.1) is 0 Å². The van der Waals surface area contributed by atoms with E-state index in [4.69, 9.17) is 17.0 Å². The van der Waals surface area contributed by atoms with E-state index < -0.39 is 20.4 Å². The van der Waals surface area contributed by atoms with Crippen molar-refractivity contribution in [1.82, 2.24) is 0 Å². The second-order valence-electron chi connectivity index (χ2n) is 17.3. The monoisotopic (exact) mass is 812 g/mol. The van der Waals surface area contributed by atoms with Crippen LogP contribution in [0.2, 0.25) is 6.55 Å². The zero-order valence-corrected chi connectivity index (χ0v) is 36.6. The molecule has 1 unspecified atom stereocenters. The van der Waals surface area contributed by atoms with Crippen LogP contribution in [0.15, 0.2) is 133 Å². The fourth-order valence-electron chi connectivity index (χ4n) is 9.28. The summed E-state index contributed by atoms with van der Waals surface area (Å²) in [6.07, 6.45) is 2.43. The third-order valence-corrected chi connectivity index (χ3v) is 54.7. The summed E-state index contributed by atoms with van der Waals surface area (Å²) in [4.78, 5) is 0. The summed E-state index contributed by atoms with van der Waals surface area (Å²) >= 11 is -5.31. The van der Waals surface area contributed by atoms with Gasteiger partial charge in [0.15, 0.2) is 0 Å². The minimum absolute atomic E-state index is 0.0164. The number of fused-ring (bicyclic) bond motifs is 5. The van der Waals surface area contributed by atoms with E-state index in [0.717, 1.165) is 0 Å². The minimum atomic E-state index is -5.31. The van der Waals surface area contributed by atoms with Crippen molar-refractivity contribution in [2.45, 2.75) is 73.1 Å². The van der Waals surface area contributed by atoms with E-state index in [9.17, 15) is 0 Å². The molecule has 2 aliphatic carbocycles. The Hall–Kier alpha value is -3.00. The van der Waals surface area contributed by atoms with Crippen molar-refractivity contribution in [2.75, 3.05) is 0 Å². The number of allylic oxidation sites excluding steroid dienone is 1. The topological polar surface area (TPSA) is 0 Å². The molecule has 6 aromatic carbocycles. The number of rotatable bonds is 4. The van der Waals surface area contributed by atoms with Crippen LogP contribution in [0.5, 0.6) is 0 Å². The molecule has 0 aliphatic heterocycles. The summed E-state index contributed by atoms with van der Waals surface area (Å²) < 4.78 is -0.117. The Morgan fingerprint density at radius 3 is 1.69 bits per heavy atom. The first-order chi connectivity index (χ1) is 24.6. The Morgan fingerprint density at radius 1 is 0.538 bits per heavy atom. The van der Waals surface area contributed by atoms with Gasteiger partial charge in [0.2, 0.25) is 0 Å². The maximum absolute atomic E-state index is 9.08. The predicted molar refractivity (Wildman–Crippen MR) is 226 cm³/mol. The molecule has 6 aromatic rings. The quantitative estimate of drug-likeness (QED) is 0.156. The number of halogens is 2. The Bertz CT molecular complexity index is 2450. The molecule has 0 fully saturated rings. The molecule has 0 spiro atoms. The van der Waals surface area contributed by atoms with Gasteiger partial charge >= 0.3 is 321 Å². The predicted octanol–water partition coefficient (Wildman–Crippen LogP) is 13.9. The van der Waals surface area contributed by atoms with Gasteiger partial charge in [-0.05, 0) is 0 Å². The Kier molecular flexibility index (Phi) is 8.67. The van der Waals surface area contributed by atoms with Crippen molar-refractivity contribution in [2.24, 2.45) is 0 Å². The summed E-state index contributed by atoms with van der Waals surface area (Å²) in [6, 6.07) is 47.6. The van der Waals surface area contributed by atoms with Crippen LogP contribution in [0, 0.1) is 0 Å². The first-order valence-electron chi connectivity index (χ1n) is 18.6. The van der Waals surface area contributed by atoms with E-state index >= 15 is 0 Å². The Balaban J connectivity index is 1.49. The molecule has 0 amide bonds. The van der Waals surface area contributed by atoms with Gasteiger partial charge in [0.25, 0.3) is 0 Å². The molecule has 0 nitrogen and oxygen atoms in total. The first kappa shape index (κ1) is 36.0. The SMILES string of the molecule is CC1=Cc2c(-c3cccc4ccccc34)cccc2[CH]1[Zr]([Cl])([Cl])([CH]1c2cc(C(C)(C)C)ccc2-c2ccc(C(C)(C)C)cc21)=[Si](C)c1ccccc1. The molecule has 1 atom stereocenters. The molecule has 0 N–H and O–H groups in total. The van der Waals surface area contributed by atoms with E-state index in [2.05, 4.69) is 188 Å². The second kappa shape index (κ2) is 12.5. The third-order valence-electron chi connectivity index (χ3n) is 12.1. The average molecular weight is 815 g/mol. The van der Waals surface area contributed by atoms with E-state index in [1.807, 2.05) is 0 Å². The number of benzene rings is 6. The van der Waals surface area contributed by atoms with Crippen LogP contribution in [0.4, 0.5) is 0 Å². The van der Waals surface area contributed by atoms with Crippen LogP contribution in [-0.2, 0) is 25.8 Å². The normalized spacial score (nSPS) is 16.1. The third kappa shape index (κ3) is 5.54. The molecular weight excluding hydrogens is 767 g/mol. The van der Waals surface area contributed by atoms with Crippen LogP contribution in [-0.4, -0.2) is 5.43 Å². The molecule has 8 rings (SSSR count). The van der Waals surface area contributed by atoms with Gasteiger partial charge in [0.1, 0.15) is 0 Å². The van der Waals surface area contributed by atoms with Gasteiger partial charge in [-0.25, -0.2) is 0 Å². The van der Waals surface area contributed by atoms with Gasteiger partial charge in [-0.2, -0.15) is 0 Å². The van der Waals surface area contributed by atoms with Crippen molar-refractivity contribution >= 4 is 44.5 Å². The van der Waals surface area contributed by atoms with Crippen LogP contribution < -0.4 is 5.19 Å². The fourth-order valence-corrected chi connectivity index (χ4v) is 46.3. The van der Waals surface area contributed by atoms with Gasteiger partial charge in [-0.1, -0.05) is 0 Å². The number of hydrogen-bond donors (Lipinski definition) is 0.